The van der Waals surface area contributed by atoms with Crippen molar-refractivity contribution in [2.45, 2.75) is 0 Å². The van der Waals surface area contributed by atoms with Crippen LogP contribution in [0.3, 0.4) is 0 Å². The van der Waals surface area contributed by atoms with Crippen LogP contribution >= 0.6 is 24.0 Å². The highest BCUT2D eigenvalue weighted by Gasteiger charge is 2.10. The Morgan fingerprint density at radius 3 is 2.75 bits per heavy atom. The third-order valence-electron chi connectivity index (χ3n) is 4.36. The molecule has 2 heterocycles. The van der Waals surface area contributed by atoms with Gasteiger partial charge in [-0.3, -0.25) is 5.01 Å². The van der Waals surface area contributed by atoms with Crippen LogP contribution in [0.15, 0.2) is 47.6 Å². The van der Waals surface area contributed by atoms with Crippen molar-refractivity contribution in [2.75, 3.05) is 26.3 Å². The fourth-order valence-electron chi connectivity index (χ4n) is 2.91. The lowest BCUT2D eigenvalue weighted by atomic mass is 10.2. The number of ether oxygens (including phenoxy) is 1. The first-order chi connectivity index (χ1) is 13.2. The van der Waals surface area contributed by atoms with Gasteiger partial charge in [-0.1, -0.05) is 29.8 Å². The van der Waals surface area contributed by atoms with Gasteiger partial charge in [0.05, 0.1) is 37.3 Å². The predicted molar refractivity (Wildman–Crippen MR) is 117 cm³/mol. The third-order valence-corrected chi connectivity index (χ3v) is 4.70. The van der Waals surface area contributed by atoms with Gasteiger partial charge in [0.25, 0.3) is 0 Å². The number of amidine groups is 1. The first-order valence-corrected chi connectivity index (χ1v) is 9.16. The fourth-order valence-corrected chi connectivity index (χ4v) is 3.11. The van der Waals surface area contributed by atoms with E-state index in [4.69, 9.17) is 22.1 Å². The fraction of sp³-hybridized carbons (Fsp3) is 0.200. The number of nitrogens with two attached hydrogens (primary N) is 1. The van der Waals surface area contributed by atoms with Gasteiger partial charge >= 0.3 is 0 Å². The second-order valence-corrected chi connectivity index (χ2v) is 6.67. The number of benzene rings is 2. The Kier molecular flexibility index (Phi) is 6.57. The number of aromatic amines is 1. The second-order valence-electron chi connectivity index (χ2n) is 6.26. The lowest BCUT2D eigenvalue weighted by molar-refractivity contribution is 0.0393. The van der Waals surface area contributed by atoms with Crippen LogP contribution in [0, 0.1) is 0 Å². The molecule has 3 N–H and O–H groups in total. The van der Waals surface area contributed by atoms with E-state index >= 15 is 0 Å². The highest BCUT2D eigenvalue weighted by molar-refractivity contribution is 6.32. The summed E-state index contributed by atoms with van der Waals surface area (Å²) in [7, 11) is 0. The molecule has 0 atom stereocenters. The molecule has 6 nitrogen and oxygen atoms in total. The lowest BCUT2D eigenvalue weighted by Crippen LogP contribution is -2.34. The van der Waals surface area contributed by atoms with E-state index < -0.39 is 0 Å². The minimum atomic E-state index is 0. The molecule has 28 heavy (non-hydrogen) atoms. The maximum absolute atomic E-state index is 6.18. The lowest BCUT2D eigenvalue weighted by Gasteiger charge is -2.24. The molecule has 1 saturated heterocycles. The standard InChI is InChI=1S/C20H20ClN5O.ClH/c21-16-4-2-1-3-14(16)6-8-19-23-17-7-5-15(13-18(17)24-19)20(22)25-26-9-11-27-12-10-26;/h1-8,13H,9-12H2,(H2,22,25)(H,23,24);1H/b8-6-;. The van der Waals surface area contributed by atoms with Gasteiger partial charge in [0, 0.05) is 10.6 Å². The van der Waals surface area contributed by atoms with Crippen molar-refractivity contribution in [3.8, 4) is 0 Å². The molecule has 1 aliphatic rings. The van der Waals surface area contributed by atoms with Crippen LogP contribution in [0.5, 0.6) is 0 Å². The first-order valence-electron chi connectivity index (χ1n) is 8.78. The van der Waals surface area contributed by atoms with Crippen LogP contribution in [-0.2, 0) is 4.74 Å². The first kappa shape index (κ1) is 20.2. The van der Waals surface area contributed by atoms with Gasteiger partial charge in [-0.05, 0) is 42.0 Å². The van der Waals surface area contributed by atoms with Gasteiger partial charge in [-0.15, -0.1) is 12.4 Å². The number of hydrogen-bond donors (Lipinski definition) is 2. The second kappa shape index (κ2) is 9.10. The molecule has 0 unspecified atom stereocenters. The summed E-state index contributed by atoms with van der Waals surface area (Å²) in [5.74, 6) is 1.24. The third kappa shape index (κ3) is 4.65. The van der Waals surface area contributed by atoms with Gasteiger partial charge < -0.3 is 15.5 Å². The van der Waals surface area contributed by atoms with Crippen molar-refractivity contribution >= 4 is 53.0 Å². The average Bonchev–Trinajstić information content (AvgIpc) is 3.10. The minimum Gasteiger partial charge on any atom is -0.382 e. The van der Waals surface area contributed by atoms with E-state index in [1.54, 1.807) is 0 Å². The van der Waals surface area contributed by atoms with Crippen molar-refractivity contribution in [1.29, 1.82) is 0 Å². The zero-order valence-corrected chi connectivity index (χ0v) is 16.7. The van der Waals surface area contributed by atoms with Gasteiger partial charge in [0.15, 0.2) is 5.84 Å². The summed E-state index contributed by atoms with van der Waals surface area (Å²) in [6, 6.07) is 13.5. The van der Waals surface area contributed by atoms with E-state index in [-0.39, 0.29) is 12.4 Å². The highest BCUT2D eigenvalue weighted by atomic mass is 35.5. The smallest absolute Gasteiger partial charge is 0.150 e. The molecule has 4 rings (SSSR count). The zero-order valence-electron chi connectivity index (χ0n) is 15.1. The SMILES string of the molecule is Cl.N/C(=N/N1CCOCC1)c1ccc2nc(/C=C\c3ccccc3Cl)[nH]c2c1. The Morgan fingerprint density at radius 2 is 1.96 bits per heavy atom. The van der Waals surface area contributed by atoms with Crippen LogP contribution in [0.1, 0.15) is 17.0 Å². The summed E-state index contributed by atoms with van der Waals surface area (Å²) in [6.07, 6.45) is 3.85. The van der Waals surface area contributed by atoms with Crippen LogP contribution in [0.2, 0.25) is 5.02 Å². The van der Waals surface area contributed by atoms with E-state index in [0.29, 0.717) is 24.1 Å². The monoisotopic (exact) mass is 417 g/mol. The summed E-state index contributed by atoms with van der Waals surface area (Å²) < 4.78 is 5.33. The van der Waals surface area contributed by atoms with E-state index in [1.165, 1.54) is 0 Å². The molecular weight excluding hydrogens is 397 g/mol. The molecule has 3 aromatic rings. The summed E-state index contributed by atoms with van der Waals surface area (Å²) in [5.41, 5.74) is 9.77. The number of fused-ring (bicyclic) bond motifs is 1. The Labute approximate surface area is 174 Å². The van der Waals surface area contributed by atoms with Crippen LogP contribution in [-0.4, -0.2) is 47.1 Å². The Bertz CT molecular complexity index is 1010. The van der Waals surface area contributed by atoms with Crippen molar-refractivity contribution in [3.63, 3.8) is 0 Å². The Morgan fingerprint density at radius 1 is 1.18 bits per heavy atom. The van der Waals surface area contributed by atoms with Crippen LogP contribution in [0.25, 0.3) is 23.2 Å². The van der Waals surface area contributed by atoms with E-state index in [9.17, 15) is 0 Å². The minimum absolute atomic E-state index is 0. The van der Waals surface area contributed by atoms with E-state index in [0.717, 1.165) is 41.1 Å². The molecule has 0 saturated carbocycles. The molecule has 146 valence electrons. The maximum Gasteiger partial charge on any atom is 0.150 e. The molecule has 1 aliphatic heterocycles. The number of rotatable bonds is 4. The number of hydrogen-bond acceptors (Lipinski definition) is 4. The molecule has 0 amide bonds. The van der Waals surface area contributed by atoms with E-state index in [2.05, 4.69) is 15.1 Å². The molecule has 0 aliphatic carbocycles. The Hall–Kier alpha value is -2.54. The maximum atomic E-state index is 6.18. The van der Waals surface area contributed by atoms with Gasteiger partial charge in [0.2, 0.25) is 0 Å². The average molecular weight is 418 g/mol. The quantitative estimate of drug-likeness (QED) is 0.500. The number of halogens is 2. The molecule has 0 radical (unpaired) electrons. The van der Waals surface area contributed by atoms with Crippen molar-refractivity contribution in [2.24, 2.45) is 10.8 Å². The molecule has 1 aromatic heterocycles. The van der Waals surface area contributed by atoms with E-state index in [1.807, 2.05) is 59.6 Å². The number of nitrogens with one attached hydrogen (secondary N) is 1. The predicted octanol–water partition coefficient (Wildman–Crippen LogP) is 3.76. The number of imidazole rings is 1. The molecule has 0 bridgehead atoms. The number of H-pyrrole nitrogens is 1. The number of morpholine rings is 1. The van der Waals surface area contributed by atoms with Gasteiger partial charge in [-0.2, -0.15) is 5.10 Å². The highest BCUT2D eigenvalue weighted by Crippen LogP contribution is 2.19. The van der Waals surface area contributed by atoms with Crippen molar-refractivity contribution < 1.29 is 4.74 Å². The van der Waals surface area contributed by atoms with Gasteiger partial charge in [-0.25, -0.2) is 4.98 Å². The number of hydrazone groups is 1. The zero-order chi connectivity index (χ0) is 18.6. The summed E-state index contributed by atoms with van der Waals surface area (Å²) in [4.78, 5) is 7.88. The van der Waals surface area contributed by atoms with Crippen molar-refractivity contribution in [3.05, 3.63) is 64.4 Å². The summed E-state index contributed by atoms with van der Waals surface area (Å²) in [6.45, 7) is 2.86. The molecule has 2 aromatic carbocycles. The normalized spacial score (nSPS) is 15.2. The molecule has 8 heteroatoms. The number of aromatic nitrogens is 2. The summed E-state index contributed by atoms with van der Waals surface area (Å²) in [5, 5.41) is 7.14. The van der Waals surface area contributed by atoms with Gasteiger partial charge in [0.1, 0.15) is 5.82 Å². The summed E-state index contributed by atoms with van der Waals surface area (Å²) >= 11 is 6.18. The van der Waals surface area contributed by atoms with Crippen LogP contribution < -0.4 is 5.73 Å². The molecule has 1 fully saturated rings. The largest absolute Gasteiger partial charge is 0.382 e. The Balaban J connectivity index is 0.00000225. The number of nitrogens with zero attached hydrogens (tertiary/aromatic N) is 3. The molecular formula is C20H21Cl2N5O. The molecule has 0 spiro atoms. The van der Waals surface area contributed by atoms with Crippen LogP contribution in [0.4, 0.5) is 0 Å². The topological polar surface area (TPSA) is 79.5 Å². The van der Waals surface area contributed by atoms with Crippen molar-refractivity contribution in [1.82, 2.24) is 15.0 Å².